The Hall–Kier alpha value is -2.48. The van der Waals surface area contributed by atoms with Crippen molar-refractivity contribution in [2.75, 3.05) is 13.1 Å². The molecule has 1 aromatic rings. The lowest BCUT2D eigenvalue weighted by atomic mass is 9.63. The summed E-state index contributed by atoms with van der Waals surface area (Å²) in [4.78, 5) is 43.4. The van der Waals surface area contributed by atoms with Gasteiger partial charge in [0.25, 0.3) is 0 Å². The molecule has 4 atom stereocenters. The van der Waals surface area contributed by atoms with Crippen molar-refractivity contribution in [1.29, 1.82) is 0 Å². The third kappa shape index (κ3) is 7.79. The molecule has 1 aromatic carbocycles. The molecule has 4 fully saturated rings. The number of carbonyl (C=O) groups excluding carboxylic acids is 3. The van der Waals surface area contributed by atoms with Gasteiger partial charge < -0.3 is 20.9 Å². The van der Waals surface area contributed by atoms with Crippen molar-refractivity contribution < 1.29 is 18.8 Å². The van der Waals surface area contributed by atoms with Crippen LogP contribution in [0.1, 0.15) is 110 Å². The Bertz CT molecular complexity index is 1120. The maximum Gasteiger partial charge on any atom is 0.245 e. The van der Waals surface area contributed by atoms with Gasteiger partial charge in [0.05, 0.1) is 11.5 Å². The van der Waals surface area contributed by atoms with Crippen molar-refractivity contribution in [3.05, 3.63) is 35.6 Å². The van der Waals surface area contributed by atoms with Crippen molar-refractivity contribution >= 4 is 17.7 Å². The maximum absolute atomic E-state index is 14.1. The lowest BCUT2D eigenvalue weighted by Gasteiger charge is -2.48. The summed E-state index contributed by atoms with van der Waals surface area (Å²) >= 11 is 0. The summed E-state index contributed by atoms with van der Waals surface area (Å²) in [5.41, 5.74) is 0.0196. The number of amides is 3. The van der Waals surface area contributed by atoms with Crippen molar-refractivity contribution in [1.82, 2.24) is 20.9 Å². The van der Waals surface area contributed by atoms with Gasteiger partial charge in [-0.15, -0.1) is 0 Å². The summed E-state index contributed by atoms with van der Waals surface area (Å²) in [5.74, 6) is 0.534. The van der Waals surface area contributed by atoms with Crippen LogP contribution in [0, 0.1) is 23.1 Å². The minimum absolute atomic E-state index is 0.113. The maximum atomic E-state index is 14.1. The third-order valence-corrected chi connectivity index (χ3v) is 10.7. The summed E-state index contributed by atoms with van der Waals surface area (Å²) in [6.07, 6.45) is 13.8. The molecule has 0 radical (unpaired) electrons. The van der Waals surface area contributed by atoms with Crippen LogP contribution in [0.5, 0.6) is 0 Å². The van der Waals surface area contributed by atoms with Gasteiger partial charge in [-0.2, -0.15) is 0 Å². The molecule has 238 valence electrons. The molecule has 2 heterocycles. The second-order valence-corrected chi connectivity index (χ2v) is 14.9. The molecule has 2 saturated heterocycles. The van der Waals surface area contributed by atoms with E-state index in [4.69, 9.17) is 0 Å². The smallest absolute Gasteiger partial charge is 0.245 e. The van der Waals surface area contributed by atoms with Crippen molar-refractivity contribution in [3.63, 3.8) is 0 Å². The zero-order valence-electron chi connectivity index (χ0n) is 26.6. The summed E-state index contributed by atoms with van der Waals surface area (Å²) in [6, 6.07) is 5.51. The van der Waals surface area contributed by atoms with Gasteiger partial charge in [0.2, 0.25) is 17.7 Å². The average Bonchev–Trinajstić information content (AvgIpc) is 3.00. The van der Waals surface area contributed by atoms with E-state index in [1.807, 2.05) is 25.7 Å². The molecule has 2 aliphatic heterocycles. The fraction of sp³-hybridized carbons (Fsp3) is 0.743. The Morgan fingerprint density at radius 3 is 2.26 bits per heavy atom. The van der Waals surface area contributed by atoms with Crippen LogP contribution in [-0.2, 0) is 20.8 Å². The Morgan fingerprint density at radius 1 is 0.930 bits per heavy atom. The highest BCUT2D eigenvalue weighted by Gasteiger charge is 2.49. The second kappa shape index (κ2) is 13.7. The molecule has 2 saturated carbocycles. The zero-order valence-corrected chi connectivity index (χ0v) is 26.6. The Kier molecular flexibility index (Phi) is 10.1. The first kappa shape index (κ1) is 31.9. The molecule has 3 N–H and O–H groups in total. The van der Waals surface area contributed by atoms with Gasteiger partial charge in [0, 0.05) is 31.1 Å². The predicted octanol–water partition coefficient (Wildman–Crippen LogP) is 5.27. The number of nitrogens with one attached hydrogen (secondary N) is 3. The molecule has 0 aromatic heterocycles. The summed E-state index contributed by atoms with van der Waals surface area (Å²) < 4.78 is 13.7. The molecular weight excluding hydrogens is 543 g/mol. The molecule has 1 unspecified atom stereocenters. The Morgan fingerprint density at radius 2 is 1.58 bits per heavy atom. The second-order valence-electron chi connectivity index (χ2n) is 14.9. The van der Waals surface area contributed by atoms with Crippen molar-refractivity contribution in [2.45, 2.75) is 134 Å². The van der Waals surface area contributed by atoms with E-state index >= 15 is 0 Å². The van der Waals surface area contributed by atoms with E-state index in [-0.39, 0.29) is 35.1 Å². The molecule has 7 nitrogen and oxygen atoms in total. The van der Waals surface area contributed by atoms with Crippen LogP contribution in [0.3, 0.4) is 0 Å². The van der Waals surface area contributed by atoms with Crippen LogP contribution in [0.2, 0.25) is 0 Å². The molecule has 8 heteroatoms. The highest BCUT2D eigenvalue weighted by molar-refractivity contribution is 5.90. The van der Waals surface area contributed by atoms with E-state index in [2.05, 4.69) is 16.0 Å². The quantitative estimate of drug-likeness (QED) is 0.400. The molecular formula is C35H53FN4O3. The number of fused-ring (bicyclic) bond motifs is 1. The van der Waals surface area contributed by atoms with E-state index < -0.39 is 11.5 Å². The SMILES string of the molecule is CC(C)(C)NC(=O)C1(C2CCCCC2)CCN(C(=O)[C@@H](Cc2ccc(F)cc2)NC(=O)C2CC[C@@H]3CCCC[C@@H]3N2)CC1. The highest BCUT2D eigenvalue weighted by Crippen LogP contribution is 2.46. The zero-order chi connectivity index (χ0) is 30.6. The normalized spacial score (nSPS) is 27.1. The summed E-state index contributed by atoms with van der Waals surface area (Å²) in [5, 5.41) is 9.99. The first-order chi connectivity index (χ1) is 20.5. The van der Waals surface area contributed by atoms with E-state index in [1.54, 1.807) is 12.1 Å². The van der Waals surface area contributed by atoms with Gasteiger partial charge in [-0.1, -0.05) is 44.2 Å². The van der Waals surface area contributed by atoms with Crippen LogP contribution in [0.4, 0.5) is 4.39 Å². The van der Waals surface area contributed by atoms with Gasteiger partial charge in [0.1, 0.15) is 11.9 Å². The fourth-order valence-electron chi connectivity index (χ4n) is 8.32. The minimum Gasteiger partial charge on any atom is -0.351 e. The van der Waals surface area contributed by atoms with E-state index in [0.29, 0.717) is 50.2 Å². The number of hydrogen-bond donors (Lipinski definition) is 3. The summed E-state index contributed by atoms with van der Waals surface area (Å²) in [7, 11) is 0. The van der Waals surface area contributed by atoms with Gasteiger partial charge >= 0.3 is 0 Å². The van der Waals surface area contributed by atoms with Crippen molar-refractivity contribution in [3.8, 4) is 0 Å². The Balaban J connectivity index is 1.29. The topological polar surface area (TPSA) is 90.5 Å². The number of likely N-dealkylation sites (tertiary alicyclic amines) is 1. The van der Waals surface area contributed by atoms with Crippen LogP contribution >= 0.6 is 0 Å². The summed E-state index contributed by atoms with van der Waals surface area (Å²) in [6.45, 7) is 7.06. The highest BCUT2D eigenvalue weighted by atomic mass is 19.1. The Labute approximate surface area is 257 Å². The number of nitrogens with zero attached hydrogens (tertiary/aromatic N) is 1. The molecule has 0 spiro atoms. The third-order valence-electron chi connectivity index (χ3n) is 10.7. The van der Waals surface area contributed by atoms with Gasteiger partial charge in [-0.3, -0.25) is 14.4 Å². The predicted molar refractivity (Wildman–Crippen MR) is 167 cm³/mol. The van der Waals surface area contributed by atoms with Gasteiger partial charge in [-0.05, 0) is 102 Å². The number of rotatable bonds is 7. The number of benzene rings is 1. The lowest BCUT2D eigenvalue weighted by Crippen LogP contribution is -2.61. The lowest BCUT2D eigenvalue weighted by molar-refractivity contribution is -0.147. The number of carbonyl (C=O) groups is 3. The van der Waals surface area contributed by atoms with E-state index in [9.17, 15) is 18.8 Å². The average molecular weight is 597 g/mol. The molecule has 2 aliphatic carbocycles. The molecule has 3 amide bonds. The van der Waals surface area contributed by atoms with E-state index in [0.717, 1.165) is 50.5 Å². The van der Waals surface area contributed by atoms with Gasteiger partial charge in [-0.25, -0.2) is 4.39 Å². The van der Waals surface area contributed by atoms with Crippen LogP contribution in [-0.4, -0.2) is 59.4 Å². The molecule has 5 rings (SSSR count). The van der Waals surface area contributed by atoms with E-state index in [1.165, 1.54) is 37.8 Å². The minimum atomic E-state index is -0.741. The standard InChI is InChI=1S/C35H53FN4O3/c1-34(2,3)39-33(43)35(26-10-5-4-6-11-26)19-21-40(22-20-35)32(42)30(23-24-13-16-27(36)17-14-24)38-31(41)29-18-15-25-9-7-8-12-28(25)37-29/h13-14,16-17,25-26,28-30,37H,4-12,15,18-23H2,1-3H3,(H,38,41)(H,39,43)/t25-,28-,29?,30+/m0/s1. The van der Waals surface area contributed by atoms with Crippen LogP contribution < -0.4 is 16.0 Å². The van der Waals surface area contributed by atoms with Gasteiger partial charge in [0.15, 0.2) is 0 Å². The van der Waals surface area contributed by atoms with Crippen LogP contribution in [0.25, 0.3) is 0 Å². The first-order valence-corrected chi connectivity index (χ1v) is 17.0. The van der Waals surface area contributed by atoms with Crippen LogP contribution in [0.15, 0.2) is 24.3 Å². The molecule has 0 bridgehead atoms. The number of hydrogen-bond acceptors (Lipinski definition) is 4. The van der Waals surface area contributed by atoms with Crippen molar-refractivity contribution in [2.24, 2.45) is 17.3 Å². The fourth-order valence-corrected chi connectivity index (χ4v) is 8.32. The molecule has 4 aliphatic rings. The molecule has 43 heavy (non-hydrogen) atoms. The first-order valence-electron chi connectivity index (χ1n) is 17.0. The number of halogens is 1. The monoisotopic (exact) mass is 596 g/mol. The largest absolute Gasteiger partial charge is 0.351 e. The number of piperidine rings is 2.